The van der Waals surface area contributed by atoms with Gasteiger partial charge >= 0.3 is 0 Å². The van der Waals surface area contributed by atoms with E-state index in [-0.39, 0.29) is 0 Å². The Balaban J connectivity index is 2.27. The first-order valence-electron chi connectivity index (χ1n) is 5.73. The summed E-state index contributed by atoms with van der Waals surface area (Å²) < 4.78 is 15.2. The minimum absolute atomic E-state index is 0.486. The Hall–Kier alpha value is -2.23. The van der Waals surface area contributed by atoms with Crippen molar-refractivity contribution in [2.45, 2.75) is 13.8 Å². The average molecular weight is 241 g/mol. The highest BCUT2D eigenvalue weighted by molar-refractivity contribution is 5.63. The first-order valence-corrected chi connectivity index (χ1v) is 5.73. The van der Waals surface area contributed by atoms with Crippen LogP contribution in [0.2, 0.25) is 0 Å². The van der Waals surface area contributed by atoms with Gasteiger partial charge in [0.25, 0.3) is 0 Å². The lowest BCUT2D eigenvalue weighted by atomic mass is 10.2. The highest BCUT2D eigenvalue weighted by Crippen LogP contribution is 2.22. The SMILES string of the molecule is Cc1ccc2nc(-c3cccc(F)n3)c(C)n2c1. The van der Waals surface area contributed by atoms with Crippen molar-refractivity contribution in [2.24, 2.45) is 0 Å². The van der Waals surface area contributed by atoms with E-state index in [1.165, 1.54) is 6.07 Å². The van der Waals surface area contributed by atoms with Gasteiger partial charge in [0.15, 0.2) is 0 Å². The van der Waals surface area contributed by atoms with Crippen LogP contribution in [0.1, 0.15) is 11.3 Å². The van der Waals surface area contributed by atoms with Gasteiger partial charge in [-0.15, -0.1) is 0 Å². The summed E-state index contributed by atoms with van der Waals surface area (Å²) >= 11 is 0. The molecule has 0 aliphatic heterocycles. The lowest BCUT2D eigenvalue weighted by Gasteiger charge is -1.99. The van der Waals surface area contributed by atoms with Gasteiger partial charge < -0.3 is 4.40 Å². The van der Waals surface area contributed by atoms with Crippen LogP contribution < -0.4 is 0 Å². The molecule has 0 aliphatic rings. The number of imidazole rings is 1. The van der Waals surface area contributed by atoms with E-state index in [0.717, 1.165) is 22.6 Å². The van der Waals surface area contributed by atoms with Crippen LogP contribution in [0.4, 0.5) is 4.39 Å². The zero-order chi connectivity index (χ0) is 12.7. The summed E-state index contributed by atoms with van der Waals surface area (Å²) in [4.78, 5) is 8.38. The summed E-state index contributed by atoms with van der Waals surface area (Å²) in [7, 11) is 0. The number of aromatic nitrogens is 3. The Bertz CT molecular complexity index is 731. The number of fused-ring (bicyclic) bond motifs is 1. The van der Waals surface area contributed by atoms with Crippen LogP contribution in [0.15, 0.2) is 36.5 Å². The first-order chi connectivity index (χ1) is 8.65. The molecule has 3 nitrogen and oxygen atoms in total. The number of rotatable bonds is 1. The van der Waals surface area contributed by atoms with E-state index in [9.17, 15) is 4.39 Å². The van der Waals surface area contributed by atoms with E-state index in [0.29, 0.717) is 5.69 Å². The maximum absolute atomic E-state index is 13.2. The van der Waals surface area contributed by atoms with E-state index >= 15 is 0 Å². The van der Waals surface area contributed by atoms with Crippen molar-refractivity contribution < 1.29 is 4.39 Å². The molecular formula is C14H12FN3. The molecule has 0 saturated carbocycles. The van der Waals surface area contributed by atoms with Gasteiger partial charge in [-0.05, 0) is 37.6 Å². The molecule has 0 fully saturated rings. The molecule has 0 atom stereocenters. The molecule has 0 aliphatic carbocycles. The highest BCUT2D eigenvalue weighted by atomic mass is 19.1. The summed E-state index contributed by atoms with van der Waals surface area (Å²) in [6.07, 6.45) is 2.01. The Morgan fingerprint density at radius 3 is 2.67 bits per heavy atom. The van der Waals surface area contributed by atoms with Gasteiger partial charge in [0.1, 0.15) is 11.3 Å². The molecule has 0 radical (unpaired) electrons. The monoisotopic (exact) mass is 241 g/mol. The third-order valence-corrected chi connectivity index (χ3v) is 2.96. The number of halogens is 1. The second-order valence-corrected chi connectivity index (χ2v) is 4.33. The molecule has 0 bridgehead atoms. The molecule has 0 amide bonds. The maximum Gasteiger partial charge on any atom is 0.213 e. The van der Waals surface area contributed by atoms with Gasteiger partial charge in [0.05, 0.1) is 5.69 Å². The largest absolute Gasteiger partial charge is 0.303 e. The molecule has 18 heavy (non-hydrogen) atoms. The zero-order valence-corrected chi connectivity index (χ0v) is 10.2. The number of aryl methyl sites for hydroxylation is 2. The molecule has 0 unspecified atom stereocenters. The summed E-state index contributed by atoms with van der Waals surface area (Å²) in [6.45, 7) is 3.99. The number of hydrogen-bond acceptors (Lipinski definition) is 2. The zero-order valence-electron chi connectivity index (χ0n) is 10.2. The van der Waals surface area contributed by atoms with Gasteiger partial charge in [-0.25, -0.2) is 9.97 Å². The summed E-state index contributed by atoms with van der Waals surface area (Å²) in [5.41, 5.74) is 4.25. The fourth-order valence-corrected chi connectivity index (χ4v) is 2.05. The van der Waals surface area contributed by atoms with Crippen LogP contribution in [0.5, 0.6) is 0 Å². The van der Waals surface area contributed by atoms with Crippen LogP contribution in [0.3, 0.4) is 0 Å². The fourth-order valence-electron chi connectivity index (χ4n) is 2.05. The van der Waals surface area contributed by atoms with Crippen molar-refractivity contribution >= 4 is 5.65 Å². The van der Waals surface area contributed by atoms with E-state index in [1.54, 1.807) is 12.1 Å². The van der Waals surface area contributed by atoms with Gasteiger partial charge in [-0.3, -0.25) is 0 Å². The molecule has 3 aromatic rings. The van der Waals surface area contributed by atoms with Crippen molar-refractivity contribution in [3.8, 4) is 11.4 Å². The van der Waals surface area contributed by atoms with E-state index < -0.39 is 5.95 Å². The average Bonchev–Trinajstić information content (AvgIpc) is 2.67. The van der Waals surface area contributed by atoms with E-state index in [4.69, 9.17) is 0 Å². The molecule has 0 spiro atoms. The van der Waals surface area contributed by atoms with Crippen LogP contribution >= 0.6 is 0 Å². The van der Waals surface area contributed by atoms with Crippen LogP contribution in [-0.4, -0.2) is 14.4 Å². The number of nitrogens with zero attached hydrogens (tertiary/aromatic N) is 3. The van der Waals surface area contributed by atoms with Gasteiger partial charge in [-0.2, -0.15) is 4.39 Å². The van der Waals surface area contributed by atoms with Gasteiger partial charge in [0.2, 0.25) is 5.95 Å². The molecule has 4 heteroatoms. The van der Waals surface area contributed by atoms with Gasteiger partial charge in [-0.1, -0.05) is 12.1 Å². The van der Waals surface area contributed by atoms with Crippen molar-refractivity contribution in [3.63, 3.8) is 0 Å². The Kier molecular flexibility index (Phi) is 2.37. The molecular weight excluding hydrogens is 229 g/mol. The molecule has 3 aromatic heterocycles. The third-order valence-electron chi connectivity index (χ3n) is 2.96. The second-order valence-electron chi connectivity index (χ2n) is 4.33. The lowest BCUT2D eigenvalue weighted by molar-refractivity contribution is 0.585. The minimum atomic E-state index is -0.486. The van der Waals surface area contributed by atoms with E-state index in [2.05, 4.69) is 9.97 Å². The quantitative estimate of drug-likeness (QED) is 0.613. The van der Waals surface area contributed by atoms with Crippen LogP contribution in [0.25, 0.3) is 17.0 Å². The molecule has 3 rings (SSSR count). The molecule has 0 aromatic carbocycles. The van der Waals surface area contributed by atoms with Crippen LogP contribution in [0, 0.1) is 19.8 Å². The summed E-state index contributed by atoms with van der Waals surface area (Å²) in [5.74, 6) is -0.486. The maximum atomic E-state index is 13.2. The van der Waals surface area contributed by atoms with Gasteiger partial charge in [0, 0.05) is 11.9 Å². The highest BCUT2D eigenvalue weighted by Gasteiger charge is 2.11. The standard InChI is InChI=1S/C14H12FN3/c1-9-6-7-13-17-14(10(2)18(13)8-9)11-4-3-5-12(15)16-11/h3-8H,1-2H3. The van der Waals surface area contributed by atoms with Crippen molar-refractivity contribution in [3.05, 3.63) is 53.7 Å². The van der Waals surface area contributed by atoms with Crippen molar-refractivity contribution in [1.29, 1.82) is 0 Å². The Morgan fingerprint density at radius 1 is 1.06 bits per heavy atom. The van der Waals surface area contributed by atoms with Crippen molar-refractivity contribution in [1.82, 2.24) is 14.4 Å². The van der Waals surface area contributed by atoms with E-state index in [1.807, 2.05) is 36.6 Å². The lowest BCUT2D eigenvalue weighted by Crippen LogP contribution is -1.91. The molecule has 90 valence electrons. The Labute approximate surface area is 104 Å². The minimum Gasteiger partial charge on any atom is -0.303 e. The smallest absolute Gasteiger partial charge is 0.213 e. The fraction of sp³-hybridized carbons (Fsp3) is 0.143. The third kappa shape index (κ3) is 1.66. The summed E-state index contributed by atoms with van der Waals surface area (Å²) in [6, 6.07) is 8.70. The topological polar surface area (TPSA) is 30.2 Å². The number of hydrogen-bond donors (Lipinski definition) is 0. The first kappa shape index (κ1) is 10.9. The second kappa shape index (κ2) is 3.91. The predicted molar refractivity (Wildman–Crippen MR) is 67.9 cm³/mol. The Morgan fingerprint density at radius 2 is 1.89 bits per heavy atom. The number of pyridine rings is 2. The van der Waals surface area contributed by atoms with Crippen molar-refractivity contribution in [2.75, 3.05) is 0 Å². The predicted octanol–water partition coefficient (Wildman–Crippen LogP) is 3.15. The summed E-state index contributed by atoms with van der Waals surface area (Å²) in [5, 5.41) is 0. The molecule has 0 saturated heterocycles. The molecule has 0 N–H and O–H groups in total. The van der Waals surface area contributed by atoms with Crippen LogP contribution in [-0.2, 0) is 0 Å². The molecule has 3 heterocycles. The normalized spacial score (nSPS) is 11.1.